The molecule has 0 aliphatic carbocycles. The molecule has 0 radical (unpaired) electrons. The minimum Gasteiger partial charge on any atom is -0.384 e. The number of halogens is 1. The van der Waals surface area contributed by atoms with Crippen molar-refractivity contribution in [1.82, 2.24) is 0 Å². The maximum absolute atomic E-state index is 14.0. The molecule has 0 aromatic heterocycles. The van der Waals surface area contributed by atoms with Crippen LogP contribution in [0.15, 0.2) is 48.5 Å². The van der Waals surface area contributed by atoms with E-state index < -0.39 is 10.0 Å². The van der Waals surface area contributed by atoms with Gasteiger partial charge in [0, 0.05) is 17.8 Å². The average Bonchev–Trinajstić information content (AvgIpc) is 3.11. The normalized spacial score (nSPS) is 13.4. The molecular weight excluding hydrogens is 375 g/mol. The first kappa shape index (κ1) is 18.7. The lowest BCUT2D eigenvalue weighted by Crippen LogP contribution is -2.25. The van der Waals surface area contributed by atoms with E-state index >= 15 is 0 Å². The van der Waals surface area contributed by atoms with Crippen molar-refractivity contribution in [3.63, 3.8) is 0 Å². The molecule has 3 aromatic rings. The third kappa shape index (κ3) is 3.33. The van der Waals surface area contributed by atoms with Crippen LogP contribution < -0.4 is 9.62 Å². The standard InChI is InChI=1S/C22H23FN2O2S/c1-3-5-15-12-17(23)13-16-8-9-18(14-20(15)16)25(28(2,26)27)22-7-4-6-21-19(22)10-11-24-21/h4,6-9,12-14,24H,3,5,10-11H2,1-2H3. The number of aryl methyl sites for hydroxylation is 1. The largest absolute Gasteiger partial charge is 0.384 e. The molecule has 0 unspecified atom stereocenters. The van der Waals surface area contributed by atoms with Crippen molar-refractivity contribution in [2.45, 2.75) is 26.2 Å². The van der Waals surface area contributed by atoms with Crippen molar-refractivity contribution in [2.75, 3.05) is 22.4 Å². The predicted octanol–water partition coefficient (Wildman–Crippen LogP) is 5.00. The molecule has 0 spiro atoms. The summed E-state index contributed by atoms with van der Waals surface area (Å²) in [5.41, 5.74) is 4.11. The van der Waals surface area contributed by atoms with E-state index in [4.69, 9.17) is 0 Å². The topological polar surface area (TPSA) is 49.4 Å². The smallest absolute Gasteiger partial charge is 0.236 e. The van der Waals surface area contributed by atoms with Gasteiger partial charge in [0.15, 0.2) is 0 Å². The zero-order chi connectivity index (χ0) is 19.9. The minimum atomic E-state index is -3.56. The third-order valence-electron chi connectivity index (χ3n) is 5.13. The second-order valence-corrected chi connectivity index (χ2v) is 9.06. The van der Waals surface area contributed by atoms with Crippen LogP contribution in [-0.4, -0.2) is 21.2 Å². The fraction of sp³-hybridized carbons (Fsp3) is 0.273. The SMILES string of the molecule is CCCc1cc(F)cc2ccc(N(c3cccc4c3CCN4)S(C)(=O)=O)cc12. The van der Waals surface area contributed by atoms with Gasteiger partial charge in [0.25, 0.3) is 0 Å². The molecule has 3 aromatic carbocycles. The highest BCUT2D eigenvalue weighted by Crippen LogP contribution is 2.38. The van der Waals surface area contributed by atoms with Crippen LogP contribution in [0.5, 0.6) is 0 Å². The third-order valence-corrected chi connectivity index (χ3v) is 6.21. The summed E-state index contributed by atoms with van der Waals surface area (Å²) in [6, 6.07) is 14.1. The van der Waals surface area contributed by atoms with Crippen molar-refractivity contribution in [3.05, 3.63) is 65.5 Å². The quantitative estimate of drug-likeness (QED) is 0.658. The Morgan fingerprint density at radius 1 is 1.14 bits per heavy atom. The van der Waals surface area contributed by atoms with Crippen LogP contribution in [0.2, 0.25) is 0 Å². The molecule has 1 heterocycles. The van der Waals surface area contributed by atoms with Crippen molar-refractivity contribution >= 4 is 37.9 Å². The van der Waals surface area contributed by atoms with E-state index in [0.29, 0.717) is 11.4 Å². The van der Waals surface area contributed by atoms with Crippen LogP contribution in [0.25, 0.3) is 10.8 Å². The van der Waals surface area contributed by atoms with Crippen LogP contribution in [0.1, 0.15) is 24.5 Å². The Morgan fingerprint density at radius 3 is 2.71 bits per heavy atom. The van der Waals surface area contributed by atoms with Crippen LogP contribution >= 0.6 is 0 Å². The van der Waals surface area contributed by atoms with Gasteiger partial charge < -0.3 is 5.32 Å². The molecule has 0 bridgehead atoms. The zero-order valence-electron chi connectivity index (χ0n) is 16.0. The Labute approximate surface area is 165 Å². The van der Waals surface area contributed by atoms with E-state index in [1.807, 2.05) is 31.2 Å². The Hall–Kier alpha value is -2.60. The van der Waals surface area contributed by atoms with Gasteiger partial charge in [0.05, 0.1) is 17.6 Å². The molecule has 1 aliphatic heterocycles. The van der Waals surface area contributed by atoms with E-state index in [2.05, 4.69) is 5.32 Å². The summed E-state index contributed by atoms with van der Waals surface area (Å²) in [6.07, 6.45) is 3.62. The fourth-order valence-corrected chi connectivity index (χ4v) is 5.03. The molecule has 146 valence electrons. The Kier molecular flexibility index (Phi) is 4.75. The number of fused-ring (bicyclic) bond motifs is 2. The maximum atomic E-state index is 14.0. The van der Waals surface area contributed by atoms with Gasteiger partial charge in [0.2, 0.25) is 10.0 Å². The summed E-state index contributed by atoms with van der Waals surface area (Å²) in [5, 5.41) is 4.96. The first-order valence-corrected chi connectivity index (χ1v) is 11.3. The zero-order valence-corrected chi connectivity index (χ0v) is 16.8. The second-order valence-electron chi connectivity index (χ2n) is 7.23. The number of sulfonamides is 1. The molecule has 0 saturated carbocycles. The lowest BCUT2D eigenvalue weighted by atomic mass is 10.00. The molecule has 0 amide bonds. The molecule has 0 saturated heterocycles. The van der Waals surface area contributed by atoms with Gasteiger partial charge >= 0.3 is 0 Å². The van der Waals surface area contributed by atoms with Gasteiger partial charge in [-0.3, -0.25) is 0 Å². The van der Waals surface area contributed by atoms with Gasteiger partial charge in [-0.05, 0) is 65.6 Å². The van der Waals surface area contributed by atoms with Gasteiger partial charge in [-0.25, -0.2) is 17.1 Å². The number of benzene rings is 3. The lowest BCUT2D eigenvalue weighted by Gasteiger charge is -2.25. The number of nitrogens with zero attached hydrogens (tertiary/aromatic N) is 1. The summed E-state index contributed by atoms with van der Waals surface area (Å²) in [6.45, 7) is 2.84. The summed E-state index contributed by atoms with van der Waals surface area (Å²) < 4.78 is 40.9. The summed E-state index contributed by atoms with van der Waals surface area (Å²) in [4.78, 5) is 0. The van der Waals surface area contributed by atoms with Crippen molar-refractivity contribution in [2.24, 2.45) is 0 Å². The number of anilines is 3. The number of hydrogen-bond acceptors (Lipinski definition) is 3. The van der Waals surface area contributed by atoms with Crippen molar-refractivity contribution in [3.8, 4) is 0 Å². The fourth-order valence-electron chi connectivity index (χ4n) is 4.01. The molecular formula is C22H23FN2O2S. The highest BCUT2D eigenvalue weighted by atomic mass is 32.2. The second kappa shape index (κ2) is 7.09. The monoisotopic (exact) mass is 398 g/mol. The van der Waals surface area contributed by atoms with Crippen LogP contribution in [-0.2, 0) is 22.9 Å². The summed E-state index contributed by atoms with van der Waals surface area (Å²) in [7, 11) is -3.56. The number of nitrogens with one attached hydrogen (secondary N) is 1. The molecule has 4 rings (SSSR count). The minimum absolute atomic E-state index is 0.268. The molecule has 0 atom stereocenters. The molecule has 1 aliphatic rings. The average molecular weight is 399 g/mol. The van der Waals surface area contributed by atoms with Crippen LogP contribution in [0, 0.1) is 5.82 Å². The lowest BCUT2D eigenvalue weighted by molar-refractivity contribution is 0.602. The van der Waals surface area contributed by atoms with E-state index in [1.165, 1.54) is 16.6 Å². The highest BCUT2D eigenvalue weighted by molar-refractivity contribution is 7.92. The van der Waals surface area contributed by atoms with Crippen molar-refractivity contribution < 1.29 is 12.8 Å². The van der Waals surface area contributed by atoms with Crippen LogP contribution in [0.4, 0.5) is 21.5 Å². The van der Waals surface area contributed by atoms with E-state index in [0.717, 1.165) is 53.4 Å². The van der Waals surface area contributed by atoms with E-state index in [-0.39, 0.29) is 5.82 Å². The summed E-state index contributed by atoms with van der Waals surface area (Å²) in [5.74, 6) is -0.268. The maximum Gasteiger partial charge on any atom is 0.236 e. The molecule has 6 heteroatoms. The van der Waals surface area contributed by atoms with Gasteiger partial charge in [-0.15, -0.1) is 0 Å². The van der Waals surface area contributed by atoms with E-state index in [9.17, 15) is 12.8 Å². The summed E-state index contributed by atoms with van der Waals surface area (Å²) >= 11 is 0. The van der Waals surface area contributed by atoms with Crippen molar-refractivity contribution in [1.29, 1.82) is 0 Å². The first-order valence-electron chi connectivity index (χ1n) is 9.46. The molecule has 4 nitrogen and oxygen atoms in total. The number of rotatable bonds is 5. The van der Waals surface area contributed by atoms with Gasteiger partial charge in [-0.1, -0.05) is 25.5 Å². The Balaban J connectivity index is 1.94. The van der Waals surface area contributed by atoms with Gasteiger partial charge in [-0.2, -0.15) is 0 Å². The predicted molar refractivity (Wildman–Crippen MR) is 114 cm³/mol. The first-order chi connectivity index (χ1) is 13.4. The Bertz CT molecular complexity index is 1160. The van der Waals surface area contributed by atoms with E-state index in [1.54, 1.807) is 18.2 Å². The molecule has 0 fully saturated rings. The number of hydrogen-bond donors (Lipinski definition) is 1. The van der Waals surface area contributed by atoms with Gasteiger partial charge in [0.1, 0.15) is 5.82 Å². The Morgan fingerprint density at radius 2 is 1.96 bits per heavy atom. The highest BCUT2D eigenvalue weighted by Gasteiger charge is 2.26. The molecule has 1 N–H and O–H groups in total. The molecule has 28 heavy (non-hydrogen) atoms. The van der Waals surface area contributed by atoms with Crippen LogP contribution in [0.3, 0.4) is 0 Å².